The van der Waals surface area contributed by atoms with Crippen molar-refractivity contribution >= 4 is 23.3 Å². The minimum absolute atomic E-state index is 0.0361. The van der Waals surface area contributed by atoms with Crippen LogP contribution in [0.4, 0.5) is 11.5 Å². The monoisotopic (exact) mass is 475 g/mol. The van der Waals surface area contributed by atoms with E-state index >= 15 is 0 Å². The molecule has 0 unspecified atom stereocenters. The van der Waals surface area contributed by atoms with Crippen molar-refractivity contribution in [1.82, 2.24) is 9.47 Å². The predicted octanol–water partition coefficient (Wildman–Crippen LogP) is 3.61. The molecule has 9 heteroatoms. The fraction of sp³-hybridized carbons (Fsp3) is 0.346. The molecule has 1 aliphatic rings. The van der Waals surface area contributed by atoms with Crippen LogP contribution in [0.1, 0.15) is 35.4 Å². The van der Waals surface area contributed by atoms with Crippen molar-refractivity contribution in [3.8, 4) is 11.8 Å². The molecule has 4 rings (SSSR count). The van der Waals surface area contributed by atoms with Crippen LogP contribution in [0, 0.1) is 31.1 Å². The lowest BCUT2D eigenvalue weighted by Crippen LogP contribution is -2.42. The molecule has 182 valence electrons. The molecule has 0 radical (unpaired) electrons. The van der Waals surface area contributed by atoms with Crippen LogP contribution in [0.3, 0.4) is 0 Å². The molecule has 0 bridgehead atoms. The minimum Gasteiger partial charge on any atom is -0.506 e. The van der Waals surface area contributed by atoms with Gasteiger partial charge in [0, 0.05) is 11.6 Å². The Hall–Kier alpha value is -4.03. The minimum atomic E-state index is -0.211. The number of furan rings is 1. The lowest BCUT2D eigenvalue weighted by atomic mass is 9.95. The average molecular weight is 476 g/mol. The van der Waals surface area contributed by atoms with E-state index in [1.165, 1.54) is 6.07 Å². The molecule has 2 amide bonds. The number of anilines is 2. The van der Waals surface area contributed by atoms with Gasteiger partial charge in [0.25, 0.3) is 0 Å². The second kappa shape index (κ2) is 10.5. The van der Waals surface area contributed by atoms with Gasteiger partial charge in [-0.3, -0.25) is 14.5 Å². The van der Waals surface area contributed by atoms with Gasteiger partial charge in [-0.2, -0.15) is 5.26 Å². The number of rotatable bonds is 7. The zero-order chi connectivity index (χ0) is 24.9. The number of nitriles is 1. The van der Waals surface area contributed by atoms with Crippen LogP contribution in [0.2, 0.25) is 0 Å². The van der Waals surface area contributed by atoms with Crippen molar-refractivity contribution in [3.05, 3.63) is 65.2 Å². The van der Waals surface area contributed by atoms with Gasteiger partial charge in [0.1, 0.15) is 23.4 Å². The Morgan fingerprint density at radius 3 is 2.54 bits per heavy atom. The number of para-hydroxylation sites is 2. The summed E-state index contributed by atoms with van der Waals surface area (Å²) in [5.74, 6) is 0.713. The van der Waals surface area contributed by atoms with E-state index in [2.05, 4.69) is 16.7 Å². The number of piperidine rings is 1. The third kappa shape index (κ3) is 5.39. The maximum atomic E-state index is 12.9. The number of phenols is 1. The largest absolute Gasteiger partial charge is 0.506 e. The normalized spacial score (nSPS) is 14.4. The fourth-order valence-electron chi connectivity index (χ4n) is 4.43. The molecular weight excluding hydrogens is 446 g/mol. The Kier molecular flexibility index (Phi) is 7.22. The summed E-state index contributed by atoms with van der Waals surface area (Å²) in [6, 6.07) is 12.5. The third-order valence-corrected chi connectivity index (χ3v) is 6.58. The highest BCUT2D eigenvalue weighted by molar-refractivity contribution is 5.94. The fourth-order valence-corrected chi connectivity index (χ4v) is 4.43. The summed E-state index contributed by atoms with van der Waals surface area (Å²) >= 11 is 0. The lowest BCUT2D eigenvalue weighted by molar-refractivity contribution is -0.121. The summed E-state index contributed by atoms with van der Waals surface area (Å²) in [5, 5.41) is 25.3. The first-order chi connectivity index (χ1) is 16.9. The van der Waals surface area contributed by atoms with Crippen molar-refractivity contribution in [2.45, 2.75) is 33.2 Å². The molecule has 1 saturated heterocycles. The first-order valence-corrected chi connectivity index (χ1v) is 11.6. The number of aromatic hydroxyl groups is 1. The van der Waals surface area contributed by atoms with Crippen LogP contribution in [0.5, 0.6) is 5.75 Å². The van der Waals surface area contributed by atoms with Gasteiger partial charge in [0.15, 0.2) is 0 Å². The highest BCUT2D eigenvalue weighted by Gasteiger charge is 2.27. The van der Waals surface area contributed by atoms with Gasteiger partial charge in [0.05, 0.1) is 30.6 Å². The number of benzene rings is 1. The zero-order valence-corrected chi connectivity index (χ0v) is 19.9. The lowest BCUT2D eigenvalue weighted by Gasteiger charge is -2.30. The van der Waals surface area contributed by atoms with Crippen LogP contribution < -0.4 is 10.6 Å². The van der Waals surface area contributed by atoms with E-state index in [-0.39, 0.29) is 30.0 Å². The molecule has 3 heterocycles. The topological polar surface area (TPSA) is 124 Å². The molecule has 0 spiro atoms. The van der Waals surface area contributed by atoms with Gasteiger partial charge in [-0.1, -0.05) is 12.1 Å². The summed E-state index contributed by atoms with van der Waals surface area (Å²) in [7, 11) is 0. The summed E-state index contributed by atoms with van der Waals surface area (Å²) in [5.41, 5.74) is 2.56. The third-order valence-electron chi connectivity index (χ3n) is 6.58. The SMILES string of the molecule is Cc1c(C#N)c(NC(=O)CN2CCC(C(=O)Nc3ccccc3O)CC2)n(Cc2ccco2)c1C. The first-order valence-electron chi connectivity index (χ1n) is 11.6. The van der Waals surface area contributed by atoms with Crippen molar-refractivity contribution in [3.63, 3.8) is 0 Å². The van der Waals surface area contributed by atoms with Crippen LogP contribution in [-0.2, 0) is 16.1 Å². The molecule has 3 aromatic rings. The Morgan fingerprint density at radius 2 is 1.89 bits per heavy atom. The molecule has 0 aliphatic carbocycles. The quantitative estimate of drug-likeness (QED) is 0.449. The van der Waals surface area contributed by atoms with Gasteiger partial charge in [-0.05, 0) is 69.6 Å². The number of carbonyl (C=O) groups excluding carboxylic acids is 2. The van der Waals surface area contributed by atoms with Crippen LogP contribution >= 0.6 is 0 Å². The maximum Gasteiger partial charge on any atom is 0.239 e. The van der Waals surface area contributed by atoms with E-state index in [9.17, 15) is 20.0 Å². The summed E-state index contributed by atoms with van der Waals surface area (Å²) < 4.78 is 7.35. The van der Waals surface area contributed by atoms with Gasteiger partial charge in [0.2, 0.25) is 11.8 Å². The van der Waals surface area contributed by atoms with Crippen molar-refractivity contribution in [2.75, 3.05) is 30.3 Å². The van der Waals surface area contributed by atoms with Crippen molar-refractivity contribution in [2.24, 2.45) is 5.92 Å². The second-order valence-corrected chi connectivity index (χ2v) is 8.82. The van der Waals surface area contributed by atoms with E-state index < -0.39 is 0 Å². The number of nitrogens with zero attached hydrogens (tertiary/aromatic N) is 3. The standard InChI is InChI=1S/C26H29N5O4/c1-17-18(2)31(15-20-6-5-13-35-20)25(21(17)14-27)29-24(33)16-30-11-9-19(10-12-30)26(34)28-22-7-3-4-8-23(22)32/h3-8,13,19,32H,9-12,15-16H2,1-2H3,(H,28,34)(H,29,33). The molecule has 0 atom stereocenters. The molecule has 35 heavy (non-hydrogen) atoms. The Bertz CT molecular complexity index is 1250. The van der Waals surface area contributed by atoms with E-state index in [0.29, 0.717) is 49.5 Å². The van der Waals surface area contributed by atoms with Crippen LogP contribution in [0.25, 0.3) is 0 Å². The second-order valence-electron chi connectivity index (χ2n) is 8.82. The smallest absolute Gasteiger partial charge is 0.239 e. The number of hydrogen-bond acceptors (Lipinski definition) is 6. The predicted molar refractivity (Wildman–Crippen MR) is 131 cm³/mol. The van der Waals surface area contributed by atoms with E-state index in [1.807, 2.05) is 29.4 Å². The number of nitrogens with one attached hydrogen (secondary N) is 2. The molecule has 3 N–H and O–H groups in total. The number of hydrogen-bond donors (Lipinski definition) is 3. The summed E-state index contributed by atoms with van der Waals surface area (Å²) in [6.45, 7) is 5.57. The van der Waals surface area contributed by atoms with Crippen molar-refractivity contribution < 1.29 is 19.1 Å². The molecule has 1 aliphatic heterocycles. The first kappa shape index (κ1) is 24.1. The van der Waals surface area contributed by atoms with E-state index in [4.69, 9.17) is 4.42 Å². The number of likely N-dealkylation sites (tertiary alicyclic amines) is 1. The van der Waals surface area contributed by atoms with Gasteiger partial charge in [-0.25, -0.2) is 0 Å². The molecular formula is C26H29N5O4. The molecule has 9 nitrogen and oxygen atoms in total. The molecule has 1 aromatic carbocycles. The van der Waals surface area contributed by atoms with E-state index in [1.54, 1.807) is 30.5 Å². The van der Waals surface area contributed by atoms with Gasteiger partial charge >= 0.3 is 0 Å². The number of phenolic OH excluding ortho intramolecular Hbond substituents is 1. The zero-order valence-electron chi connectivity index (χ0n) is 19.9. The van der Waals surface area contributed by atoms with Gasteiger partial charge < -0.3 is 24.7 Å². The Morgan fingerprint density at radius 1 is 1.14 bits per heavy atom. The van der Waals surface area contributed by atoms with Crippen LogP contribution in [-0.4, -0.2) is 46.0 Å². The molecule has 1 fully saturated rings. The van der Waals surface area contributed by atoms with E-state index in [0.717, 1.165) is 17.0 Å². The summed E-state index contributed by atoms with van der Waals surface area (Å²) in [6.07, 6.45) is 2.82. The number of amides is 2. The Labute approximate surface area is 204 Å². The highest BCUT2D eigenvalue weighted by atomic mass is 16.3. The van der Waals surface area contributed by atoms with Gasteiger partial charge in [-0.15, -0.1) is 0 Å². The molecule has 2 aromatic heterocycles. The number of aromatic nitrogens is 1. The molecule has 0 saturated carbocycles. The van der Waals surface area contributed by atoms with Crippen LogP contribution in [0.15, 0.2) is 47.1 Å². The van der Waals surface area contributed by atoms with Crippen molar-refractivity contribution in [1.29, 1.82) is 5.26 Å². The summed E-state index contributed by atoms with van der Waals surface area (Å²) in [4.78, 5) is 27.5. The average Bonchev–Trinajstić information content (AvgIpc) is 3.44. The highest BCUT2D eigenvalue weighted by Crippen LogP contribution is 2.28. The number of carbonyl (C=O) groups is 2. The maximum absolute atomic E-state index is 12.9. The Balaban J connectivity index is 1.35.